The molecule has 0 amide bonds. The molecule has 2 rings (SSSR count). The fourth-order valence-electron chi connectivity index (χ4n) is 2.25. The Bertz CT molecular complexity index is 547. The van der Waals surface area contributed by atoms with Gasteiger partial charge in [0.05, 0.1) is 7.11 Å². The fourth-order valence-corrected chi connectivity index (χ4v) is 2.25. The van der Waals surface area contributed by atoms with Crippen LogP contribution in [0.2, 0.25) is 0 Å². The SMILES string of the molecule is CCCc1cc(OC)c(OCc2ccccc2)cc1C. The molecule has 0 heterocycles. The van der Waals surface area contributed by atoms with E-state index in [9.17, 15) is 0 Å². The van der Waals surface area contributed by atoms with Crippen molar-refractivity contribution in [3.8, 4) is 11.5 Å². The molecule has 0 saturated carbocycles. The lowest BCUT2D eigenvalue weighted by atomic mass is 10.0. The van der Waals surface area contributed by atoms with Crippen molar-refractivity contribution in [2.75, 3.05) is 7.11 Å². The normalized spacial score (nSPS) is 10.3. The van der Waals surface area contributed by atoms with Gasteiger partial charge in [-0.2, -0.15) is 0 Å². The number of rotatable bonds is 6. The van der Waals surface area contributed by atoms with E-state index < -0.39 is 0 Å². The number of hydrogen-bond acceptors (Lipinski definition) is 2. The first-order chi connectivity index (χ1) is 9.74. The lowest BCUT2D eigenvalue weighted by molar-refractivity contribution is 0.284. The van der Waals surface area contributed by atoms with Gasteiger partial charge in [0, 0.05) is 0 Å². The molecule has 0 N–H and O–H groups in total. The van der Waals surface area contributed by atoms with E-state index in [0.717, 1.165) is 29.9 Å². The van der Waals surface area contributed by atoms with E-state index in [2.05, 4.69) is 38.1 Å². The van der Waals surface area contributed by atoms with Crippen LogP contribution < -0.4 is 9.47 Å². The predicted molar refractivity (Wildman–Crippen MR) is 82.5 cm³/mol. The highest BCUT2D eigenvalue weighted by Gasteiger charge is 2.09. The minimum absolute atomic E-state index is 0.559. The number of methoxy groups -OCH3 is 1. The zero-order chi connectivity index (χ0) is 14.4. The summed E-state index contributed by atoms with van der Waals surface area (Å²) in [5.74, 6) is 1.63. The molecule has 2 nitrogen and oxygen atoms in total. The molecule has 0 saturated heterocycles. The van der Waals surface area contributed by atoms with Gasteiger partial charge < -0.3 is 9.47 Å². The van der Waals surface area contributed by atoms with Crippen LogP contribution in [0.1, 0.15) is 30.0 Å². The van der Waals surface area contributed by atoms with E-state index in [0.29, 0.717) is 6.61 Å². The molecule has 2 aromatic rings. The maximum Gasteiger partial charge on any atom is 0.161 e. The topological polar surface area (TPSA) is 18.5 Å². The molecule has 0 aliphatic rings. The van der Waals surface area contributed by atoms with E-state index in [-0.39, 0.29) is 0 Å². The first-order valence-corrected chi connectivity index (χ1v) is 7.08. The molecule has 0 aliphatic carbocycles. The van der Waals surface area contributed by atoms with E-state index in [1.165, 1.54) is 11.1 Å². The smallest absolute Gasteiger partial charge is 0.161 e. The quantitative estimate of drug-likeness (QED) is 0.767. The molecule has 0 bridgehead atoms. The van der Waals surface area contributed by atoms with Gasteiger partial charge in [-0.05, 0) is 42.2 Å². The second-order valence-electron chi connectivity index (χ2n) is 4.95. The van der Waals surface area contributed by atoms with Gasteiger partial charge in [0.2, 0.25) is 0 Å². The Morgan fingerprint density at radius 2 is 1.75 bits per heavy atom. The summed E-state index contributed by atoms with van der Waals surface area (Å²) >= 11 is 0. The number of ether oxygens (including phenoxy) is 2. The fraction of sp³-hybridized carbons (Fsp3) is 0.333. The Kier molecular flexibility index (Phi) is 5.05. The van der Waals surface area contributed by atoms with Crippen LogP contribution in [0.5, 0.6) is 11.5 Å². The molecule has 106 valence electrons. The summed E-state index contributed by atoms with van der Waals surface area (Å²) in [6, 6.07) is 14.3. The van der Waals surface area contributed by atoms with Crippen molar-refractivity contribution in [3.63, 3.8) is 0 Å². The Labute approximate surface area is 121 Å². The minimum atomic E-state index is 0.559. The third-order valence-corrected chi connectivity index (χ3v) is 3.38. The molecule has 0 aliphatic heterocycles. The largest absolute Gasteiger partial charge is 0.493 e. The Balaban J connectivity index is 2.16. The summed E-state index contributed by atoms with van der Waals surface area (Å²) in [5, 5.41) is 0. The van der Waals surface area contributed by atoms with Gasteiger partial charge in [-0.15, -0.1) is 0 Å². The molecule has 0 unspecified atom stereocenters. The average molecular weight is 270 g/mol. The van der Waals surface area contributed by atoms with Gasteiger partial charge >= 0.3 is 0 Å². The van der Waals surface area contributed by atoms with Gasteiger partial charge in [-0.25, -0.2) is 0 Å². The van der Waals surface area contributed by atoms with Crippen molar-refractivity contribution < 1.29 is 9.47 Å². The minimum Gasteiger partial charge on any atom is -0.493 e. The van der Waals surface area contributed by atoms with E-state index >= 15 is 0 Å². The molecule has 0 aromatic heterocycles. The van der Waals surface area contributed by atoms with E-state index in [1.807, 2.05) is 18.2 Å². The van der Waals surface area contributed by atoms with Gasteiger partial charge in [0.1, 0.15) is 6.61 Å². The van der Waals surface area contributed by atoms with Gasteiger partial charge in [-0.1, -0.05) is 43.7 Å². The summed E-state index contributed by atoms with van der Waals surface area (Å²) in [5.41, 5.74) is 3.75. The average Bonchev–Trinajstić information content (AvgIpc) is 2.48. The van der Waals surface area contributed by atoms with Crippen molar-refractivity contribution in [1.82, 2.24) is 0 Å². The Morgan fingerprint density at radius 3 is 2.40 bits per heavy atom. The summed E-state index contributed by atoms with van der Waals surface area (Å²) in [4.78, 5) is 0. The third-order valence-electron chi connectivity index (χ3n) is 3.38. The summed E-state index contributed by atoms with van der Waals surface area (Å²) in [7, 11) is 1.69. The molecule has 2 heteroatoms. The zero-order valence-corrected chi connectivity index (χ0v) is 12.5. The van der Waals surface area contributed by atoms with Gasteiger partial charge in [-0.3, -0.25) is 0 Å². The Hall–Kier alpha value is -1.96. The molecular weight excluding hydrogens is 248 g/mol. The van der Waals surface area contributed by atoms with Crippen molar-refractivity contribution >= 4 is 0 Å². The molecular formula is C18H22O2. The lowest BCUT2D eigenvalue weighted by Crippen LogP contribution is -2.00. The Morgan fingerprint density at radius 1 is 1.00 bits per heavy atom. The predicted octanol–water partition coefficient (Wildman–Crippen LogP) is 4.54. The van der Waals surface area contributed by atoms with Crippen LogP contribution >= 0.6 is 0 Å². The van der Waals surface area contributed by atoms with Crippen molar-refractivity contribution in [2.45, 2.75) is 33.3 Å². The summed E-state index contributed by atoms with van der Waals surface area (Å²) < 4.78 is 11.4. The van der Waals surface area contributed by atoms with Crippen molar-refractivity contribution in [3.05, 3.63) is 59.2 Å². The van der Waals surface area contributed by atoms with Crippen LogP contribution in [0, 0.1) is 6.92 Å². The summed E-state index contributed by atoms with van der Waals surface area (Å²) in [6.07, 6.45) is 2.20. The van der Waals surface area contributed by atoms with E-state index in [4.69, 9.17) is 9.47 Å². The second-order valence-corrected chi connectivity index (χ2v) is 4.95. The van der Waals surface area contributed by atoms with Crippen LogP contribution in [0.25, 0.3) is 0 Å². The van der Waals surface area contributed by atoms with Crippen LogP contribution in [-0.4, -0.2) is 7.11 Å². The summed E-state index contributed by atoms with van der Waals surface area (Å²) in [6.45, 7) is 4.87. The van der Waals surface area contributed by atoms with Gasteiger partial charge in [0.25, 0.3) is 0 Å². The zero-order valence-electron chi connectivity index (χ0n) is 12.5. The van der Waals surface area contributed by atoms with Crippen LogP contribution in [-0.2, 0) is 13.0 Å². The molecule has 0 spiro atoms. The molecule has 0 fully saturated rings. The number of aryl methyl sites for hydroxylation is 2. The lowest BCUT2D eigenvalue weighted by Gasteiger charge is -2.14. The maximum atomic E-state index is 5.90. The highest BCUT2D eigenvalue weighted by atomic mass is 16.5. The molecule has 2 aromatic carbocycles. The first kappa shape index (κ1) is 14.4. The standard InChI is InChI=1S/C18H22O2/c1-4-8-16-12-17(19-3)18(11-14(16)2)20-13-15-9-6-5-7-10-15/h5-7,9-12H,4,8,13H2,1-3H3. The molecule has 0 atom stereocenters. The van der Waals surface area contributed by atoms with Crippen molar-refractivity contribution in [1.29, 1.82) is 0 Å². The molecule has 0 radical (unpaired) electrons. The highest BCUT2D eigenvalue weighted by molar-refractivity contribution is 5.47. The van der Waals surface area contributed by atoms with Gasteiger partial charge in [0.15, 0.2) is 11.5 Å². The van der Waals surface area contributed by atoms with Crippen LogP contribution in [0.15, 0.2) is 42.5 Å². The molecule has 20 heavy (non-hydrogen) atoms. The third kappa shape index (κ3) is 3.53. The monoisotopic (exact) mass is 270 g/mol. The van der Waals surface area contributed by atoms with Crippen LogP contribution in [0.3, 0.4) is 0 Å². The van der Waals surface area contributed by atoms with Crippen molar-refractivity contribution in [2.24, 2.45) is 0 Å². The maximum absolute atomic E-state index is 5.90. The van der Waals surface area contributed by atoms with E-state index in [1.54, 1.807) is 7.11 Å². The highest BCUT2D eigenvalue weighted by Crippen LogP contribution is 2.31. The number of hydrogen-bond donors (Lipinski definition) is 0. The van der Waals surface area contributed by atoms with Crippen LogP contribution in [0.4, 0.5) is 0 Å². The number of benzene rings is 2. The first-order valence-electron chi connectivity index (χ1n) is 7.08. The second kappa shape index (κ2) is 6.99.